The first-order valence-corrected chi connectivity index (χ1v) is 6.13. The zero-order chi connectivity index (χ0) is 12.8. The second-order valence-corrected chi connectivity index (χ2v) is 4.02. The first-order chi connectivity index (χ1) is 8.83. The molecule has 0 unspecified atom stereocenters. The van der Waals surface area contributed by atoms with Crippen molar-refractivity contribution in [3.8, 4) is 17.1 Å². The highest BCUT2D eigenvalue weighted by Gasteiger charge is 2.05. The molecule has 0 saturated carbocycles. The van der Waals surface area contributed by atoms with Crippen molar-refractivity contribution in [2.24, 2.45) is 0 Å². The molecule has 96 valence electrons. The van der Waals surface area contributed by atoms with E-state index < -0.39 is 0 Å². The molecule has 0 saturated heterocycles. The standard InChI is InChI=1S/C14H18N2O2/c1-3-8-15-10-14-16-9-13(18-14)11-4-6-12(17-2)7-5-11/h4-7,9,15H,3,8,10H2,1-2H3. The van der Waals surface area contributed by atoms with Crippen LogP contribution in [0, 0.1) is 0 Å². The monoisotopic (exact) mass is 246 g/mol. The third-order valence-corrected chi connectivity index (χ3v) is 2.63. The molecule has 0 amide bonds. The molecule has 0 bridgehead atoms. The summed E-state index contributed by atoms with van der Waals surface area (Å²) in [6.45, 7) is 3.77. The topological polar surface area (TPSA) is 47.3 Å². The van der Waals surface area contributed by atoms with Gasteiger partial charge in [-0.2, -0.15) is 0 Å². The van der Waals surface area contributed by atoms with E-state index in [0.29, 0.717) is 12.4 Å². The van der Waals surface area contributed by atoms with Gasteiger partial charge in [0.15, 0.2) is 5.76 Å². The molecule has 2 rings (SSSR count). The molecule has 4 heteroatoms. The molecule has 1 N–H and O–H groups in total. The first kappa shape index (κ1) is 12.6. The second-order valence-electron chi connectivity index (χ2n) is 4.02. The Hall–Kier alpha value is -1.81. The van der Waals surface area contributed by atoms with Gasteiger partial charge in [0, 0.05) is 5.56 Å². The molecule has 1 aromatic carbocycles. The lowest BCUT2D eigenvalue weighted by Gasteiger charge is -2.00. The van der Waals surface area contributed by atoms with E-state index in [0.717, 1.165) is 30.0 Å². The third kappa shape index (κ3) is 3.11. The molecule has 0 fully saturated rings. The van der Waals surface area contributed by atoms with Gasteiger partial charge in [-0.3, -0.25) is 0 Å². The summed E-state index contributed by atoms with van der Waals surface area (Å²) in [6.07, 6.45) is 2.86. The van der Waals surface area contributed by atoms with Gasteiger partial charge < -0.3 is 14.5 Å². The summed E-state index contributed by atoms with van der Waals surface area (Å²) in [6, 6.07) is 7.74. The van der Waals surface area contributed by atoms with Crippen molar-refractivity contribution in [3.63, 3.8) is 0 Å². The maximum absolute atomic E-state index is 5.68. The van der Waals surface area contributed by atoms with Crippen molar-refractivity contribution < 1.29 is 9.15 Å². The van der Waals surface area contributed by atoms with Crippen LogP contribution in [0.15, 0.2) is 34.9 Å². The quantitative estimate of drug-likeness (QED) is 0.796. The minimum absolute atomic E-state index is 0.671. The van der Waals surface area contributed by atoms with Crippen LogP contribution < -0.4 is 10.1 Å². The highest BCUT2D eigenvalue weighted by molar-refractivity contribution is 5.57. The lowest BCUT2D eigenvalue weighted by atomic mass is 10.2. The van der Waals surface area contributed by atoms with Gasteiger partial charge in [-0.1, -0.05) is 6.92 Å². The smallest absolute Gasteiger partial charge is 0.208 e. The second kappa shape index (κ2) is 6.21. The number of nitrogens with zero attached hydrogens (tertiary/aromatic N) is 1. The number of methoxy groups -OCH3 is 1. The van der Waals surface area contributed by atoms with E-state index in [1.54, 1.807) is 13.3 Å². The zero-order valence-corrected chi connectivity index (χ0v) is 10.8. The van der Waals surface area contributed by atoms with Gasteiger partial charge in [-0.05, 0) is 37.2 Å². The number of oxazole rings is 1. The van der Waals surface area contributed by atoms with Gasteiger partial charge in [-0.25, -0.2) is 4.98 Å². The molecule has 0 aliphatic carbocycles. The van der Waals surface area contributed by atoms with E-state index in [1.807, 2.05) is 24.3 Å². The summed E-state index contributed by atoms with van der Waals surface area (Å²) in [7, 11) is 1.65. The highest BCUT2D eigenvalue weighted by Crippen LogP contribution is 2.22. The van der Waals surface area contributed by atoms with Crippen LogP contribution in [0.4, 0.5) is 0 Å². The third-order valence-electron chi connectivity index (χ3n) is 2.63. The van der Waals surface area contributed by atoms with E-state index in [2.05, 4.69) is 17.2 Å². The summed E-state index contributed by atoms with van der Waals surface area (Å²) in [5.74, 6) is 2.34. The molecule has 1 aromatic heterocycles. The Labute approximate surface area is 107 Å². The largest absolute Gasteiger partial charge is 0.497 e. The molecular weight excluding hydrogens is 228 g/mol. The van der Waals surface area contributed by atoms with Crippen LogP contribution in [0.3, 0.4) is 0 Å². The van der Waals surface area contributed by atoms with Gasteiger partial charge in [0.05, 0.1) is 19.9 Å². The fraction of sp³-hybridized carbons (Fsp3) is 0.357. The van der Waals surface area contributed by atoms with Crippen LogP contribution in [-0.2, 0) is 6.54 Å². The van der Waals surface area contributed by atoms with Crippen molar-refractivity contribution >= 4 is 0 Å². The minimum atomic E-state index is 0.671. The molecular formula is C14H18N2O2. The lowest BCUT2D eigenvalue weighted by molar-refractivity contribution is 0.415. The van der Waals surface area contributed by atoms with Crippen LogP contribution in [-0.4, -0.2) is 18.6 Å². The zero-order valence-electron chi connectivity index (χ0n) is 10.8. The molecule has 2 aromatic rings. The molecule has 1 heterocycles. The Morgan fingerprint density at radius 3 is 2.72 bits per heavy atom. The predicted octanol–water partition coefficient (Wildman–Crippen LogP) is 2.85. The molecule has 4 nitrogen and oxygen atoms in total. The molecule has 0 spiro atoms. The van der Waals surface area contributed by atoms with Crippen molar-refractivity contribution in [1.82, 2.24) is 10.3 Å². The number of hydrogen-bond donors (Lipinski definition) is 1. The van der Waals surface area contributed by atoms with Crippen LogP contribution in [0.25, 0.3) is 11.3 Å². The maximum Gasteiger partial charge on any atom is 0.208 e. The Morgan fingerprint density at radius 1 is 1.28 bits per heavy atom. The van der Waals surface area contributed by atoms with Crippen molar-refractivity contribution in [2.75, 3.05) is 13.7 Å². The lowest BCUT2D eigenvalue weighted by Crippen LogP contribution is -2.13. The number of ether oxygens (including phenoxy) is 1. The average molecular weight is 246 g/mol. The Bertz CT molecular complexity index is 477. The van der Waals surface area contributed by atoms with Crippen molar-refractivity contribution in [2.45, 2.75) is 19.9 Å². The minimum Gasteiger partial charge on any atom is -0.497 e. The van der Waals surface area contributed by atoms with E-state index >= 15 is 0 Å². The molecule has 0 atom stereocenters. The summed E-state index contributed by atoms with van der Waals surface area (Å²) in [5.41, 5.74) is 1.00. The van der Waals surface area contributed by atoms with Gasteiger partial charge in [-0.15, -0.1) is 0 Å². The molecule has 0 aliphatic heterocycles. The number of aromatic nitrogens is 1. The normalized spacial score (nSPS) is 10.6. The predicted molar refractivity (Wildman–Crippen MR) is 70.5 cm³/mol. The van der Waals surface area contributed by atoms with Gasteiger partial charge in [0.2, 0.25) is 5.89 Å². The fourth-order valence-electron chi connectivity index (χ4n) is 1.65. The highest BCUT2D eigenvalue weighted by atomic mass is 16.5. The molecule has 0 radical (unpaired) electrons. The van der Waals surface area contributed by atoms with E-state index in [1.165, 1.54) is 0 Å². The van der Waals surface area contributed by atoms with Crippen LogP contribution >= 0.6 is 0 Å². The van der Waals surface area contributed by atoms with E-state index in [-0.39, 0.29) is 0 Å². The first-order valence-electron chi connectivity index (χ1n) is 6.13. The summed E-state index contributed by atoms with van der Waals surface area (Å²) in [4.78, 5) is 4.25. The summed E-state index contributed by atoms with van der Waals surface area (Å²) in [5, 5.41) is 3.26. The van der Waals surface area contributed by atoms with Gasteiger partial charge >= 0.3 is 0 Å². The van der Waals surface area contributed by atoms with Gasteiger partial charge in [0.1, 0.15) is 5.75 Å². The Morgan fingerprint density at radius 2 is 2.06 bits per heavy atom. The number of nitrogens with one attached hydrogen (secondary N) is 1. The van der Waals surface area contributed by atoms with Crippen LogP contribution in [0.2, 0.25) is 0 Å². The van der Waals surface area contributed by atoms with Crippen LogP contribution in [0.1, 0.15) is 19.2 Å². The number of benzene rings is 1. The molecule has 18 heavy (non-hydrogen) atoms. The van der Waals surface area contributed by atoms with Gasteiger partial charge in [0.25, 0.3) is 0 Å². The van der Waals surface area contributed by atoms with Crippen molar-refractivity contribution in [1.29, 1.82) is 0 Å². The van der Waals surface area contributed by atoms with E-state index in [9.17, 15) is 0 Å². The summed E-state index contributed by atoms with van der Waals surface area (Å²) < 4.78 is 10.8. The fourth-order valence-corrected chi connectivity index (χ4v) is 1.65. The average Bonchev–Trinajstić information content (AvgIpc) is 2.88. The number of hydrogen-bond acceptors (Lipinski definition) is 4. The Kier molecular flexibility index (Phi) is 4.36. The molecule has 0 aliphatic rings. The SMILES string of the molecule is CCCNCc1ncc(-c2ccc(OC)cc2)o1. The maximum atomic E-state index is 5.68. The number of rotatable bonds is 6. The van der Waals surface area contributed by atoms with Crippen LogP contribution in [0.5, 0.6) is 5.75 Å². The van der Waals surface area contributed by atoms with E-state index in [4.69, 9.17) is 9.15 Å². The Balaban J connectivity index is 2.04. The van der Waals surface area contributed by atoms with Crippen molar-refractivity contribution in [3.05, 3.63) is 36.4 Å². The summed E-state index contributed by atoms with van der Waals surface area (Å²) >= 11 is 0.